The molecule has 0 fully saturated rings. The van der Waals surface area contributed by atoms with Gasteiger partial charge in [0.25, 0.3) is 0 Å². The molecule has 2 heterocycles. The van der Waals surface area contributed by atoms with Gasteiger partial charge in [-0.1, -0.05) is 5.16 Å². The maximum atomic E-state index is 5.39. The highest BCUT2D eigenvalue weighted by Crippen LogP contribution is 2.19. The van der Waals surface area contributed by atoms with Crippen LogP contribution in [0.2, 0.25) is 0 Å². The second-order valence-corrected chi connectivity index (χ2v) is 2.68. The molecule has 0 aliphatic carbocycles. The van der Waals surface area contributed by atoms with E-state index in [9.17, 15) is 0 Å². The smallest absolute Gasteiger partial charge is 0.222 e. The van der Waals surface area contributed by atoms with E-state index in [1.54, 1.807) is 6.07 Å². The van der Waals surface area contributed by atoms with Crippen LogP contribution in [-0.2, 0) is 7.05 Å². The summed E-state index contributed by atoms with van der Waals surface area (Å²) in [4.78, 5) is 0. The minimum absolute atomic E-state index is 0.342. The van der Waals surface area contributed by atoms with Gasteiger partial charge < -0.3 is 14.8 Å². The first-order valence-corrected chi connectivity index (χ1v) is 3.60. The molecule has 12 heavy (non-hydrogen) atoms. The van der Waals surface area contributed by atoms with Crippen molar-refractivity contribution in [2.24, 2.45) is 7.05 Å². The number of nitrogens with two attached hydrogens (primary N) is 1. The minimum Gasteiger partial charge on any atom is -0.368 e. The number of aryl methyl sites for hydroxylation is 1. The summed E-state index contributed by atoms with van der Waals surface area (Å²) < 4.78 is 6.69. The number of hydrogen-bond donors (Lipinski definition) is 1. The summed E-state index contributed by atoms with van der Waals surface area (Å²) in [6.07, 6.45) is 3.90. The van der Waals surface area contributed by atoms with Crippen LogP contribution in [0, 0.1) is 0 Å². The van der Waals surface area contributed by atoms with Crippen molar-refractivity contribution in [3.05, 3.63) is 24.5 Å². The summed E-state index contributed by atoms with van der Waals surface area (Å²) in [5.41, 5.74) is 7.17. The van der Waals surface area contributed by atoms with Gasteiger partial charge in [-0.25, -0.2) is 0 Å². The first-order chi connectivity index (χ1) is 5.75. The molecule has 0 radical (unpaired) electrons. The molecule has 0 bridgehead atoms. The quantitative estimate of drug-likeness (QED) is 0.688. The summed E-state index contributed by atoms with van der Waals surface area (Å²) in [5, 5.41) is 3.79. The summed E-state index contributed by atoms with van der Waals surface area (Å²) in [5.74, 6) is 0.342. The van der Waals surface area contributed by atoms with Crippen LogP contribution in [0.3, 0.4) is 0 Å². The van der Waals surface area contributed by atoms with Crippen LogP contribution in [0.5, 0.6) is 0 Å². The van der Waals surface area contributed by atoms with Crippen LogP contribution >= 0.6 is 0 Å². The van der Waals surface area contributed by atoms with Crippen molar-refractivity contribution in [1.29, 1.82) is 0 Å². The van der Waals surface area contributed by atoms with Crippen molar-refractivity contribution >= 4 is 5.88 Å². The minimum atomic E-state index is 0.342. The molecule has 0 saturated heterocycles. The summed E-state index contributed by atoms with van der Waals surface area (Å²) in [7, 11) is 1.95. The van der Waals surface area contributed by atoms with E-state index < -0.39 is 0 Å². The molecule has 0 aliphatic heterocycles. The Balaban J connectivity index is 2.43. The average molecular weight is 163 g/mol. The van der Waals surface area contributed by atoms with Gasteiger partial charge in [-0.05, 0) is 6.07 Å². The van der Waals surface area contributed by atoms with Gasteiger partial charge >= 0.3 is 0 Å². The zero-order valence-corrected chi connectivity index (χ0v) is 6.69. The molecule has 0 atom stereocenters. The van der Waals surface area contributed by atoms with Crippen LogP contribution in [0.4, 0.5) is 5.88 Å². The molecule has 0 unspecified atom stereocenters. The van der Waals surface area contributed by atoms with Crippen LogP contribution < -0.4 is 5.73 Å². The molecular weight excluding hydrogens is 154 g/mol. The summed E-state index contributed by atoms with van der Waals surface area (Å²) in [6, 6.07) is 3.66. The van der Waals surface area contributed by atoms with Crippen LogP contribution in [0.15, 0.2) is 29.0 Å². The molecule has 2 aromatic rings. The number of nitrogens with zero attached hydrogens (tertiary/aromatic N) is 2. The Kier molecular flexibility index (Phi) is 1.40. The number of anilines is 1. The van der Waals surface area contributed by atoms with E-state index in [4.69, 9.17) is 10.3 Å². The Morgan fingerprint density at radius 1 is 1.58 bits per heavy atom. The van der Waals surface area contributed by atoms with Crippen molar-refractivity contribution < 1.29 is 4.52 Å². The lowest BCUT2D eigenvalue weighted by Gasteiger charge is -1.85. The van der Waals surface area contributed by atoms with Crippen LogP contribution in [0.1, 0.15) is 0 Å². The van der Waals surface area contributed by atoms with E-state index in [2.05, 4.69) is 5.16 Å². The highest BCUT2D eigenvalue weighted by Gasteiger charge is 2.03. The summed E-state index contributed by atoms with van der Waals surface area (Å²) >= 11 is 0. The monoisotopic (exact) mass is 163 g/mol. The van der Waals surface area contributed by atoms with E-state index in [1.807, 2.05) is 30.1 Å². The topological polar surface area (TPSA) is 57.0 Å². The Bertz CT molecular complexity index is 350. The zero-order chi connectivity index (χ0) is 8.55. The largest absolute Gasteiger partial charge is 0.368 e. The SMILES string of the molecule is Cn1ccc(-c2cc(N)on2)c1. The normalized spacial score (nSPS) is 10.4. The second kappa shape index (κ2) is 2.41. The van der Waals surface area contributed by atoms with Gasteiger partial charge in [0.05, 0.1) is 0 Å². The van der Waals surface area contributed by atoms with Gasteiger partial charge in [0.1, 0.15) is 5.69 Å². The standard InChI is InChI=1S/C8H9N3O/c1-11-3-2-6(5-11)7-4-8(9)12-10-7/h2-5H,9H2,1H3. The van der Waals surface area contributed by atoms with Gasteiger partial charge in [-0.15, -0.1) is 0 Å². The third kappa shape index (κ3) is 1.07. The predicted molar refractivity (Wildman–Crippen MR) is 45.3 cm³/mol. The van der Waals surface area contributed by atoms with Crippen LogP contribution in [-0.4, -0.2) is 9.72 Å². The first kappa shape index (κ1) is 6.97. The number of hydrogen-bond acceptors (Lipinski definition) is 3. The molecule has 2 rings (SSSR count). The van der Waals surface area contributed by atoms with E-state index in [0.29, 0.717) is 5.88 Å². The maximum Gasteiger partial charge on any atom is 0.222 e. The molecule has 2 aromatic heterocycles. The zero-order valence-electron chi connectivity index (χ0n) is 6.69. The lowest BCUT2D eigenvalue weighted by atomic mass is 10.2. The van der Waals surface area contributed by atoms with Gasteiger partial charge in [-0.2, -0.15) is 0 Å². The predicted octanol–water partition coefficient (Wildman–Crippen LogP) is 1.26. The Labute approximate surface area is 69.6 Å². The number of aromatic nitrogens is 2. The molecular formula is C8H9N3O. The van der Waals surface area contributed by atoms with Crippen molar-refractivity contribution in [2.75, 3.05) is 5.73 Å². The molecule has 0 aliphatic rings. The van der Waals surface area contributed by atoms with Crippen molar-refractivity contribution in [3.8, 4) is 11.3 Å². The molecule has 0 saturated carbocycles. The van der Waals surface area contributed by atoms with Gasteiger partial charge in [0.2, 0.25) is 5.88 Å². The lowest BCUT2D eigenvalue weighted by Crippen LogP contribution is -1.78. The fraction of sp³-hybridized carbons (Fsp3) is 0.125. The van der Waals surface area contributed by atoms with Crippen LogP contribution in [0.25, 0.3) is 11.3 Å². The fourth-order valence-corrected chi connectivity index (χ4v) is 1.08. The highest BCUT2D eigenvalue weighted by atomic mass is 16.5. The van der Waals surface area contributed by atoms with Gasteiger partial charge in [-0.3, -0.25) is 0 Å². The Morgan fingerprint density at radius 2 is 2.42 bits per heavy atom. The summed E-state index contributed by atoms with van der Waals surface area (Å²) in [6.45, 7) is 0. The van der Waals surface area contributed by atoms with Gasteiger partial charge in [0, 0.05) is 31.1 Å². The molecule has 4 heteroatoms. The van der Waals surface area contributed by atoms with Gasteiger partial charge in [0.15, 0.2) is 0 Å². The molecule has 4 nitrogen and oxygen atoms in total. The Hall–Kier alpha value is -1.71. The molecule has 0 spiro atoms. The Morgan fingerprint density at radius 3 is 2.92 bits per heavy atom. The highest BCUT2D eigenvalue weighted by molar-refractivity contribution is 5.60. The number of rotatable bonds is 1. The maximum absolute atomic E-state index is 5.39. The van der Waals surface area contributed by atoms with E-state index >= 15 is 0 Å². The van der Waals surface area contributed by atoms with Crippen molar-refractivity contribution in [2.45, 2.75) is 0 Å². The number of nitrogen functional groups attached to an aromatic ring is 1. The van der Waals surface area contributed by atoms with Crippen molar-refractivity contribution in [1.82, 2.24) is 9.72 Å². The van der Waals surface area contributed by atoms with E-state index in [0.717, 1.165) is 11.3 Å². The third-order valence-electron chi connectivity index (χ3n) is 1.66. The first-order valence-electron chi connectivity index (χ1n) is 3.60. The van der Waals surface area contributed by atoms with E-state index in [-0.39, 0.29) is 0 Å². The second-order valence-electron chi connectivity index (χ2n) is 2.68. The molecule has 2 N–H and O–H groups in total. The average Bonchev–Trinajstić information content (AvgIpc) is 2.58. The fourth-order valence-electron chi connectivity index (χ4n) is 1.08. The molecule has 0 aromatic carbocycles. The van der Waals surface area contributed by atoms with E-state index in [1.165, 1.54) is 0 Å². The molecule has 62 valence electrons. The molecule has 0 amide bonds. The lowest BCUT2D eigenvalue weighted by molar-refractivity contribution is 0.439. The van der Waals surface area contributed by atoms with Crippen molar-refractivity contribution in [3.63, 3.8) is 0 Å². The third-order valence-corrected chi connectivity index (χ3v) is 1.66.